The van der Waals surface area contributed by atoms with E-state index in [1.165, 1.54) is 18.7 Å². The SMILES string of the molecule is CC(=O)O[C@H]1[C@H](OCc2ccccc2)[C@@H](F)[C@H](Sc2ccc(Cl)cc2)O[C@@H]1COCc1ccccc1. The van der Waals surface area contributed by atoms with E-state index >= 15 is 4.39 Å². The predicted molar refractivity (Wildman–Crippen MR) is 138 cm³/mol. The summed E-state index contributed by atoms with van der Waals surface area (Å²) in [4.78, 5) is 12.8. The normalized spacial score (nSPS) is 23.8. The zero-order valence-electron chi connectivity index (χ0n) is 19.8. The average Bonchev–Trinajstić information content (AvgIpc) is 2.88. The Morgan fingerprint density at radius 3 is 2.14 bits per heavy atom. The van der Waals surface area contributed by atoms with Gasteiger partial charge in [0.2, 0.25) is 0 Å². The van der Waals surface area contributed by atoms with E-state index in [0.29, 0.717) is 11.6 Å². The van der Waals surface area contributed by atoms with Crippen LogP contribution in [0.2, 0.25) is 5.02 Å². The molecule has 0 radical (unpaired) electrons. The van der Waals surface area contributed by atoms with Crippen molar-refractivity contribution in [1.29, 1.82) is 0 Å². The number of hydrogen-bond acceptors (Lipinski definition) is 6. The quantitative estimate of drug-likeness (QED) is 0.290. The lowest BCUT2D eigenvalue weighted by Crippen LogP contribution is -2.58. The van der Waals surface area contributed by atoms with Crippen LogP contribution < -0.4 is 0 Å². The minimum Gasteiger partial charge on any atom is -0.457 e. The summed E-state index contributed by atoms with van der Waals surface area (Å²) < 4.78 is 39.6. The zero-order chi connectivity index (χ0) is 25.3. The van der Waals surface area contributed by atoms with Crippen LogP contribution in [0.5, 0.6) is 0 Å². The second kappa shape index (κ2) is 13.2. The summed E-state index contributed by atoms with van der Waals surface area (Å²) in [6.07, 6.45) is -4.31. The van der Waals surface area contributed by atoms with Gasteiger partial charge < -0.3 is 18.9 Å². The molecule has 0 aromatic heterocycles. The number of alkyl halides is 1. The maximum atomic E-state index is 15.9. The molecule has 8 heteroatoms. The predicted octanol–water partition coefficient (Wildman–Crippen LogP) is 6.23. The number of carbonyl (C=O) groups excluding carboxylic acids is 1. The van der Waals surface area contributed by atoms with Crippen molar-refractivity contribution in [2.75, 3.05) is 6.61 Å². The van der Waals surface area contributed by atoms with Crippen molar-refractivity contribution >= 4 is 29.3 Å². The fraction of sp³-hybridized carbons (Fsp3) is 0.321. The van der Waals surface area contributed by atoms with Crippen molar-refractivity contribution in [2.45, 2.75) is 55.0 Å². The van der Waals surface area contributed by atoms with Crippen LogP contribution >= 0.6 is 23.4 Å². The number of carbonyl (C=O) groups is 1. The highest BCUT2D eigenvalue weighted by Crippen LogP contribution is 2.38. The molecule has 0 spiro atoms. The summed E-state index contributed by atoms with van der Waals surface area (Å²) >= 11 is 7.23. The number of ether oxygens (including phenoxy) is 4. The molecule has 3 aromatic carbocycles. The summed E-state index contributed by atoms with van der Waals surface area (Å²) in [6, 6.07) is 26.3. The Balaban J connectivity index is 1.53. The van der Waals surface area contributed by atoms with E-state index in [-0.39, 0.29) is 13.2 Å². The van der Waals surface area contributed by atoms with Gasteiger partial charge in [-0.3, -0.25) is 4.79 Å². The molecule has 1 heterocycles. The van der Waals surface area contributed by atoms with Gasteiger partial charge in [-0.05, 0) is 35.4 Å². The number of halogens is 2. The molecule has 1 saturated heterocycles. The van der Waals surface area contributed by atoms with E-state index in [9.17, 15) is 4.79 Å². The van der Waals surface area contributed by atoms with Gasteiger partial charge in [-0.25, -0.2) is 4.39 Å². The monoisotopic (exact) mass is 530 g/mol. The van der Waals surface area contributed by atoms with Gasteiger partial charge in [-0.1, -0.05) is 84.0 Å². The molecule has 0 saturated carbocycles. The largest absolute Gasteiger partial charge is 0.457 e. The summed E-state index contributed by atoms with van der Waals surface area (Å²) in [5, 5.41) is 0.590. The van der Waals surface area contributed by atoms with E-state index < -0.39 is 35.9 Å². The molecule has 5 nitrogen and oxygen atoms in total. The fourth-order valence-electron chi connectivity index (χ4n) is 3.90. The number of thioether (sulfide) groups is 1. The molecule has 190 valence electrons. The molecule has 5 atom stereocenters. The van der Waals surface area contributed by atoms with Crippen molar-refractivity contribution in [3.63, 3.8) is 0 Å². The van der Waals surface area contributed by atoms with E-state index in [2.05, 4.69) is 0 Å². The lowest BCUT2D eigenvalue weighted by molar-refractivity contribution is -0.224. The summed E-state index contributed by atoms with van der Waals surface area (Å²) in [5.41, 5.74) is 0.977. The zero-order valence-corrected chi connectivity index (χ0v) is 21.4. The molecule has 0 N–H and O–H groups in total. The van der Waals surface area contributed by atoms with Gasteiger partial charge in [0.1, 0.15) is 17.6 Å². The first-order chi connectivity index (χ1) is 17.5. The molecule has 1 fully saturated rings. The Morgan fingerprint density at radius 1 is 0.917 bits per heavy atom. The number of esters is 1. The average molecular weight is 531 g/mol. The van der Waals surface area contributed by atoms with Crippen LogP contribution in [0, 0.1) is 0 Å². The molecule has 4 rings (SSSR count). The Kier molecular flexibility index (Phi) is 9.78. The maximum Gasteiger partial charge on any atom is 0.303 e. The summed E-state index contributed by atoms with van der Waals surface area (Å²) in [6.45, 7) is 1.90. The van der Waals surface area contributed by atoms with Crippen LogP contribution in [0.3, 0.4) is 0 Å². The molecule has 0 unspecified atom stereocenters. The summed E-state index contributed by atoms with van der Waals surface area (Å²) in [7, 11) is 0. The molecule has 0 aliphatic carbocycles. The molecular weight excluding hydrogens is 503 g/mol. The van der Waals surface area contributed by atoms with Crippen LogP contribution in [0.15, 0.2) is 89.8 Å². The molecule has 1 aliphatic heterocycles. The van der Waals surface area contributed by atoms with E-state index in [0.717, 1.165) is 16.0 Å². The first-order valence-electron chi connectivity index (χ1n) is 11.7. The molecule has 36 heavy (non-hydrogen) atoms. The number of rotatable bonds is 10. The third-order valence-electron chi connectivity index (χ3n) is 5.62. The standard InChI is InChI=1S/C28H28ClFO5S/c1-19(31)34-26-24(18-32-16-20-8-4-2-5-9-20)35-28(36-23-14-12-22(29)13-15-23)25(30)27(26)33-17-21-10-6-3-7-11-21/h2-15,24-28H,16-18H2,1H3/t24-,25-,26-,27-,28+/m1/s1. The fourth-order valence-corrected chi connectivity index (χ4v) is 5.07. The second-order valence-corrected chi connectivity index (χ2v) is 10.0. The lowest BCUT2D eigenvalue weighted by Gasteiger charge is -2.42. The van der Waals surface area contributed by atoms with Gasteiger partial charge in [-0.15, -0.1) is 0 Å². The van der Waals surface area contributed by atoms with Crippen LogP contribution in [-0.2, 0) is 37.0 Å². The lowest BCUT2D eigenvalue weighted by atomic mass is 10.00. The molecular formula is C28H28ClFO5S. The minimum absolute atomic E-state index is 0.0996. The van der Waals surface area contributed by atoms with E-state index in [4.69, 9.17) is 30.5 Å². The first kappa shape index (κ1) is 26.6. The van der Waals surface area contributed by atoms with Crippen molar-refractivity contribution < 1.29 is 28.1 Å². The molecule has 0 amide bonds. The molecule has 3 aromatic rings. The molecule has 1 aliphatic rings. The minimum atomic E-state index is -1.57. The van der Waals surface area contributed by atoms with E-state index in [1.54, 1.807) is 12.1 Å². The third-order valence-corrected chi connectivity index (χ3v) is 7.02. The highest BCUT2D eigenvalue weighted by Gasteiger charge is 2.49. The van der Waals surface area contributed by atoms with Gasteiger partial charge in [-0.2, -0.15) is 0 Å². The molecule has 0 bridgehead atoms. The van der Waals surface area contributed by atoms with Crippen LogP contribution in [0.1, 0.15) is 18.1 Å². The Hall–Kier alpha value is -2.42. The van der Waals surface area contributed by atoms with Gasteiger partial charge in [0, 0.05) is 16.8 Å². The van der Waals surface area contributed by atoms with E-state index in [1.807, 2.05) is 72.8 Å². The van der Waals surface area contributed by atoms with Crippen LogP contribution in [-0.4, -0.2) is 42.5 Å². The van der Waals surface area contributed by atoms with Crippen LogP contribution in [0.4, 0.5) is 4.39 Å². The maximum absolute atomic E-state index is 15.9. The second-order valence-electron chi connectivity index (χ2n) is 8.40. The Labute approximate surface area is 219 Å². The van der Waals surface area contributed by atoms with Crippen molar-refractivity contribution in [1.82, 2.24) is 0 Å². The first-order valence-corrected chi connectivity index (χ1v) is 12.9. The van der Waals surface area contributed by atoms with Gasteiger partial charge in [0.25, 0.3) is 0 Å². The van der Waals surface area contributed by atoms with Crippen LogP contribution in [0.25, 0.3) is 0 Å². The number of benzene rings is 3. The highest BCUT2D eigenvalue weighted by molar-refractivity contribution is 7.99. The van der Waals surface area contributed by atoms with Crippen molar-refractivity contribution in [2.24, 2.45) is 0 Å². The highest BCUT2D eigenvalue weighted by atomic mass is 35.5. The van der Waals surface area contributed by atoms with Gasteiger partial charge in [0.15, 0.2) is 12.3 Å². The van der Waals surface area contributed by atoms with Crippen molar-refractivity contribution in [3.05, 3.63) is 101 Å². The Bertz CT molecular complexity index is 1090. The topological polar surface area (TPSA) is 54.0 Å². The summed E-state index contributed by atoms with van der Waals surface area (Å²) in [5.74, 6) is -0.541. The van der Waals surface area contributed by atoms with Gasteiger partial charge >= 0.3 is 5.97 Å². The third kappa shape index (κ3) is 7.54. The Morgan fingerprint density at radius 2 is 1.53 bits per heavy atom. The van der Waals surface area contributed by atoms with Crippen molar-refractivity contribution in [3.8, 4) is 0 Å². The smallest absolute Gasteiger partial charge is 0.303 e. The number of hydrogen-bond donors (Lipinski definition) is 0. The van der Waals surface area contributed by atoms with Gasteiger partial charge in [0.05, 0.1) is 19.8 Å².